The number of nitrogens with one attached hydrogen (secondary N) is 2. The number of hydrogen-bond donors (Lipinski definition) is 2. The molecule has 1 aromatic rings. The molecule has 3 rings (SSSR count). The van der Waals surface area contributed by atoms with Gasteiger partial charge < -0.3 is 5.32 Å². The third-order valence-electron chi connectivity index (χ3n) is 4.82. The Morgan fingerprint density at radius 3 is 2.71 bits per heavy atom. The second kappa shape index (κ2) is 8.12. The molecular weight excluding hydrogens is 346 g/mol. The lowest BCUT2D eigenvalue weighted by molar-refractivity contribution is -0.122. The van der Waals surface area contributed by atoms with Crippen LogP contribution in [0.1, 0.15) is 44.9 Å². The Kier molecular flexibility index (Phi) is 5.89. The second-order valence-electron chi connectivity index (χ2n) is 6.48. The van der Waals surface area contributed by atoms with E-state index in [0.717, 1.165) is 19.3 Å². The Morgan fingerprint density at radius 1 is 1.29 bits per heavy atom. The lowest BCUT2D eigenvalue weighted by Crippen LogP contribution is -2.37. The van der Waals surface area contributed by atoms with Crippen LogP contribution in [-0.2, 0) is 9.59 Å². The predicted molar refractivity (Wildman–Crippen MR) is 96.1 cm³/mol. The van der Waals surface area contributed by atoms with Gasteiger partial charge in [0.05, 0.1) is 6.20 Å². The highest BCUT2D eigenvalue weighted by Gasteiger charge is 2.28. The Labute approximate surface area is 150 Å². The zero-order valence-corrected chi connectivity index (χ0v) is 15.1. The first kappa shape index (κ1) is 17.4. The summed E-state index contributed by atoms with van der Waals surface area (Å²) in [5, 5.41) is 6.25. The third-order valence-corrected chi connectivity index (χ3v) is 5.85. The molecule has 0 unspecified atom stereocenters. The van der Waals surface area contributed by atoms with Gasteiger partial charge in [0.25, 0.3) is 0 Å². The number of aromatic nitrogens is 1. The summed E-state index contributed by atoms with van der Waals surface area (Å²) in [6.07, 6.45) is 10.6. The highest BCUT2D eigenvalue weighted by Crippen LogP contribution is 2.36. The van der Waals surface area contributed by atoms with Crippen LogP contribution in [0.5, 0.6) is 0 Å². The van der Waals surface area contributed by atoms with Gasteiger partial charge in [-0.1, -0.05) is 47.8 Å². The molecule has 2 aliphatic rings. The first-order chi connectivity index (χ1) is 11.6. The maximum absolute atomic E-state index is 12.4. The van der Waals surface area contributed by atoms with E-state index in [1.165, 1.54) is 42.4 Å². The van der Waals surface area contributed by atoms with Crippen LogP contribution in [0.25, 0.3) is 0 Å². The number of carbonyl (C=O) groups excluding carboxylic acids is 2. The van der Waals surface area contributed by atoms with Gasteiger partial charge in [-0.2, -0.15) is 0 Å². The number of carbonyl (C=O) groups is 2. The predicted octanol–water partition coefficient (Wildman–Crippen LogP) is 3.77. The molecule has 1 aromatic heterocycles. The Bertz CT molecular complexity index is 628. The van der Waals surface area contributed by atoms with Gasteiger partial charge in [0, 0.05) is 19.0 Å². The van der Waals surface area contributed by atoms with Crippen molar-refractivity contribution in [3.05, 3.63) is 22.2 Å². The topological polar surface area (TPSA) is 71.1 Å². The van der Waals surface area contributed by atoms with Crippen LogP contribution < -0.4 is 10.6 Å². The van der Waals surface area contributed by atoms with Crippen molar-refractivity contribution < 1.29 is 9.59 Å². The Morgan fingerprint density at radius 2 is 2.08 bits per heavy atom. The van der Waals surface area contributed by atoms with Crippen LogP contribution in [0.15, 0.2) is 17.8 Å². The zero-order valence-electron chi connectivity index (χ0n) is 13.5. The van der Waals surface area contributed by atoms with Crippen molar-refractivity contribution in [2.24, 2.45) is 11.8 Å². The first-order valence-corrected chi connectivity index (χ1v) is 9.72. The number of thiazole rings is 1. The van der Waals surface area contributed by atoms with E-state index in [9.17, 15) is 9.59 Å². The molecule has 2 N–H and O–H groups in total. The van der Waals surface area contributed by atoms with Crippen molar-refractivity contribution in [1.29, 1.82) is 0 Å². The van der Waals surface area contributed by atoms with Gasteiger partial charge >= 0.3 is 0 Å². The molecule has 130 valence electrons. The lowest BCUT2D eigenvalue weighted by Gasteiger charge is -2.32. The van der Waals surface area contributed by atoms with Crippen molar-refractivity contribution in [2.75, 3.05) is 11.9 Å². The van der Waals surface area contributed by atoms with Gasteiger partial charge in [0.1, 0.15) is 4.34 Å². The number of amides is 2. The number of piperidine rings is 1. The Hall–Kier alpha value is -1.40. The highest BCUT2D eigenvalue weighted by atomic mass is 35.5. The molecule has 7 heteroatoms. The van der Waals surface area contributed by atoms with Gasteiger partial charge in [0.2, 0.25) is 11.8 Å². The fourth-order valence-corrected chi connectivity index (χ4v) is 4.44. The molecular formula is C17H22ClN3O2S. The molecule has 0 spiro atoms. The van der Waals surface area contributed by atoms with Gasteiger partial charge in [-0.3, -0.25) is 14.9 Å². The quantitative estimate of drug-likeness (QED) is 0.796. The second-order valence-corrected chi connectivity index (χ2v) is 8.14. The van der Waals surface area contributed by atoms with Crippen LogP contribution in [-0.4, -0.2) is 23.3 Å². The van der Waals surface area contributed by atoms with Crippen molar-refractivity contribution >= 4 is 39.9 Å². The minimum absolute atomic E-state index is 0.108. The van der Waals surface area contributed by atoms with Gasteiger partial charge in [-0.25, -0.2) is 4.98 Å². The van der Waals surface area contributed by atoms with Crippen molar-refractivity contribution in [3.63, 3.8) is 0 Å². The van der Waals surface area contributed by atoms with Crippen LogP contribution in [0.4, 0.5) is 5.13 Å². The molecule has 1 atom stereocenters. The molecule has 2 amide bonds. The largest absolute Gasteiger partial charge is 0.356 e. The number of nitrogens with zero attached hydrogens (tertiary/aromatic N) is 1. The van der Waals surface area contributed by atoms with E-state index in [2.05, 4.69) is 15.6 Å². The molecule has 5 nitrogen and oxygen atoms in total. The summed E-state index contributed by atoms with van der Waals surface area (Å²) in [5.41, 5.74) is 1.19. The van der Waals surface area contributed by atoms with E-state index in [1.54, 1.807) is 6.08 Å². The fraction of sp³-hybridized carbons (Fsp3) is 0.588. The number of hydrogen-bond acceptors (Lipinski definition) is 4. The van der Waals surface area contributed by atoms with Crippen LogP contribution in [0.3, 0.4) is 0 Å². The Balaban J connectivity index is 1.74. The molecule has 0 radical (unpaired) electrons. The minimum atomic E-state index is -0.154. The van der Waals surface area contributed by atoms with Crippen molar-refractivity contribution in [3.8, 4) is 0 Å². The summed E-state index contributed by atoms with van der Waals surface area (Å²) in [6, 6.07) is 0. The fourth-order valence-electron chi connectivity index (χ4n) is 3.63. The number of halogens is 1. The van der Waals surface area contributed by atoms with E-state index in [0.29, 0.717) is 28.4 Å². The summed E-state index contributed by atoms with van der Waals surface area (Å²) in [5.74, 6) is 0.662. The van der Waals surface area contributed by atoms with Crippen molar-refractivity contribution in [1.82, 2.24) is 10.3 Å². The SMILES string of the molecule is O=C(/C=C(\C1CCCCC1)[C@H]1CCC(=O)NC1)Nc1ncc(Cl)s1. The standard InChI is InChI=1S/C17H22ClN3O2S/c18-14-10-20-17(24-14)21-16(23)8-13(11-4-2-1-3-5-11)12-6-7-15(22)19-9-12/h8,10-12H,1-7,9H2,(H,19,22)(H,20,21,23)/b13-8+/t12-/m0/s1. The molecule has 1 aliphatic carbocycles. The smallest absolute Gasteiger partial charge is 0.250 e. The van der Waals surface area contributed by atoms with E-state index >= 15 is 0 Å². The first-order valence-electron chi connectivity index (χ1n) is 8.52. The summed E-state index contributed by atoms with van der Waals surface area (Å²) in [6.45, 7) is 0.636. The summed E-state index contributed by atoms with van der Waals surface area (Å²) < 4.78 is 0.553. The van der Waals surface area contributed by atoms with E-state index in [-0.39, 0.29) is 17.7 Å². The summed E-state index contributed by atoms with van der Waals surface area (Å²) in [4.78, 5) is 27.9. The number of rotatable bonds is 4. The number of anilines is 1. The van der Waals surface area contributed by atoms with E-state index in [4.69, 9.17) is 11.6 Å². The van der Waals surface area contributed by atoms with Gasteiger partial charge in [-0.15, -0.1) is 0 Å². The molecule has 0 aromatic carbocycles. The van der Waals surface area contributed by atoms with Gasteiger partial charge in [0.15, 0.2) is 5.13 Å². The molecule has 1 saturated carbocycles. The van der Waals surface area contributed by atoms with E-state index in [1.807, 2.05) is 0 Å². The molecule has 1 aliphatic heterocycles. The lowest BCUT2D eigenvalue weighted by atomic mass is 9.76. The minimum Gasteiger partial charge on any atom is -0.356 e. The average molecular weight is 368 g/mol. The maximum atomic E-state index is 12.4. The summed E-state index contributed by atoms with van der Waals surface area (Å²) >= 11 is 7.11. The van der Waals surface area contributed by atoms with Crippen LogP contribution in [0, 0.1) is 11.8 Å². The highest BCUT2D eigenvalue weighted by molar-refractivity contribution is 7.19. The normalized spacial score (nSPS) is 23.0. The molecule has 2 heterocycles. The molecule has 0 bridgehead atoms. The van der Waals surface area contributed by atoms with Crippen molar-refractivity contribution in [2.45, 2.75) is 44.9 Å². The monoisotopic (exact) mass is 367 g/mol. The summed E-state index contributed by atoms with van der Waals surface area (Å²) in [7, 11) is 0. The molecule has 1 saturated heterocycles. The van der Waals surface area contributed by atoms with Crippen LogP contribution in [0.2, 0.25) is 4.34 Å². The average Bonchev–Trinajstić information content (AvgIpc) is 2.99. The molecule has 2 fully saturated rings. The molecule has 24 heavy (non-hydrogen) atoms. The third kappa shape index (κ3) is 4.57. The van der Waals surface area contributed by atoms with Crippen LogP contribution >= 0.6 is 22.9 Å². The van der Waals surface area contributed by atoms with E-state index < -0.39 is 0 Å². The van der Waals surface area contributed by atoms with Gasteiger partial charge in [-0.05, 0) is 31.1 Å². The maximum Gasteiger partial charge on any atom is 0.250 e. The zero-order chi connectivity index (χ0) is 16.9.